The van der Waals surface area contributed by atoms with E-state index in [0.717, 1.165) is 50.9 Å². The Balaban J connectivity index is 2.38. The number of rotatable bonds is 5. The van der Waals surface area contributed by atoms with Crippen LogP contribution in [0, 0.1) is 5.92 Å². The van der Waals surface area contributed by atoms with Gasteiger partial charge in [0.15, 0.2) is 0 Å². The number of hydrogen-bond acceptors (Lipinski definition) is 2. The van der Waals surface area contributed by atoms with E-state index in [4.69, 9.17) is 0 Å². The van der Waals surface area contributed by atoms with Crippen molar-refractivity contribution in [2.45, 2.75) is 26.7 Å². The first-order valence-corrected chi connectivity index (χ1v) is 7.42. The third-order valence-electron chi connectivity index (χ3n) is 3.42. The van der Waals surface area contributed by atoms with Gasteiger partial charge in [0.2, 0.25) is 5.91 Å². The summed E-state index contributed by atoms with van der Waals surface area (Å²) in [5.41, 5.74) is 0. The molecule has 0 bridgehead atoms. The smallest absolute Gasteiger partial charge is 0.225 e. The molecular formula is C12H23BrN2O. The molecule has 0 spiro atoms. The maximum Gasteiger partial charge on any atom is 0.225 e. The molecule has 0 aromatic heterocycles. The molecule has 0 aromatic carbocycles. The van der Waals surface area contributed by atoms with Crippen LogP contribution in [-0.4, -0.2) is 53.8 Å². The summed E-state index contributed by atoms with van der Waals surface area (Å²) in [4.78, 5) is 16.6. The van der Waals surface area contributed by atoms with Crippen LogP contribution in [0.15, 0.2) is 0 Å². The van der Waals surface area contributed by atoms with Crippen LogP contribution in [0.3, 0.4) is 0 Å². The monoisotopic (exact) mass is 290 g/mol. The molecule has 1 heterocycles. The highest BCUT2D eigenvalue weighted by molar-refractivity contribution is 9.09. The van der Waals surface area contributed by atoms with Crippen LogP contribution in [0.25, 0.3) is 0 Å². The van der Waals surface area contributed by atoms with Gasteiger partial charge in [0.1, 0.15) is 0 Å². The van der Waals surface area contributed by atoms with E-state index in [1.165, 1.54) is 0 Å². The second-order valence-corrected chi connectivity index (χ2v) is 5.16. The molecule has 16 heavy (non-hydrogen) atoms. The quantitative estimate of drug-likeness (QED) is 0.723. The van der Waals surface area contributed by atoms with E-state index in [2.05, 4.69) is 34.7 Å². The van der Waals surface area contributed by atoms with Crippen LogP contribution in [-0.2, 0) is 4.79 Å². The number of carbonyl (C=O) groups excluding carboxylic acids is 1. The number of nitrogens with zero attached hydrogens (tertiary/aromatic N) is 2. The Morgan fingerprint density at radius 3 is 2.19 bits per heavy atom. The van der Waals surface area contributed by atoms with E-state index in [-0.39, 0.29) is 5.92 Å². The number of hydrogen-bond donors (Lipinski definition) is 0. The van der Waals surface area contributed by atoms with Gasteiger partial charge >= 0.3 is 0 Å². The maximum absolute atomic E-state index is 12.1. The summed E-state index contributed by atoms with van der Waals surface area (Å²) in [5, 5.41) is 1.02. The third kappa shape index (κ3) is 3.74. The minimum absolute atomic E-state index is 0.239. The zero-order valence-electron chi connectivity index (χ0n) is 10.4. The molecule has 1 aliphatic rings. The molecule has 0 aromatic rings. The Labute approximate surface area is 107 Å². The lowest BCUT2D eigenvalue weighted by atomic mass is 10.0. The normalized spacial score (nSPS) is 18.1. The molecule has 1 fully saturated rings. The minimum atomic E-state index is 0.239. The van der Waals surface area contributed by atoms with Crippen LogP contribution in [0.1, 0.15) is 26.7 Å². The summed E-state index contributed by atoms with van der Waals surface area (Å²) in [6.07, 6.45) is 1.94. The largest absolute Gasteiger partial charge is 0.340 e. The van der Waals surface area contributed by atoms with Crippen molar-refractivity contribution in [1.29, 1.82) is 0 Å². The highest BCUT2D eigenvalue weighted by Crippen LogP contribution is 2.13. The first-order chi connectivity index (χ1) is 7.72. The molecule has 4 heteroatoms. The van der Waals surface area contributed by atoms with Gasteiger partial charge in [-0.1, -0.05) is 29.8 Å². The Morgan fingerprint density at radius 1 is 1.19 bits per heavy atom. The molecule has 0 radical (unpaired) electrons. The van der Waals surface area contributed by atoms with E-state index in [0.29, 0.717) is 5.91 Å². The average molecular weight is 291 g/mol. The first kappa shape index (κ1) is 14.0. The van der Waals surface area contributed by atoms with Crippen molar-refractivity contribution in [3.05, 3.63) is 0 Å². The number of amides is 1. The molecule has 0 atom stereocenters. The highest BCUT2D eigenvalue weighted by Gasteiger charge is 2.24. The summed E-state index contributed by atoms with van der Waals surface area (Å²) in [6, 6.07) is 0. The standard InChI is InChI=1S/C12H23BrN2O/c1-3-11(4-2)12(16)15-9-7-14(6-5-13)8-10-15/h11H,3-10H2,1-2H3. The van der Waals surface area contributed by atoms with Crippen molar-refractivity contribution < 1.29 is 4.79 Å². The molecule has 1 rings (SSSR count). The first-order valence-electron chi connectivity index (χ1n) is 6.30. The van der Waals surface area contributed by atoms with E-state index in [1.54, 1.807) is 0 Å². The van der Waals surface area contributed by atoms with Crippen molar-refractivity contribution in [1.82, 2.24) is 9.80 Å². The Bertz CT molecular complexity index is 211. The van der Waals surface area contributed by atoms with E-state index < -0.39 is 0 Å². The van der Waals surface area contributed by atoms with Gasteiger partial charge in [-0.2, -0.15) is 0 Å². The molecule has 0 aliphatic carbocycles. The molecule has 0 saturated carbocycles. The molecule has 3 nitrogen and oxygen atoms in total. The van der Waals surface area contributed by atoms with Crippen molar-refractivity contribution in [2.24, 2.45) is 5.92 Å². The minimum Gasteiger partial charge on any atom is -0.340 e. The molecule has 94 valence electrons. The summed E-state index contributed by atoms with van der Waals surface area (Å²) in [6.45, 7) is 9.16. The van der Waals surface area contributed by atoms with Gasteiger partial charge in [-0.15, -0.1) is 0 Å². The van der Waals surface area contributed by atoms with Gasteiger partial charge in [-0.05, 0) is 12.8 Å². The fourth-order valence-corrected chi connectivity index (χ4v) is 2.71. The van der Waals surface area contributed by atoms with Crippen LogP contribution in [0.5, 0.6) is 0 Å². The topological polar surface area (TPSA) is 23.6 Å². The maximum atomic E-state index is 12.1. The summed E-state index contributed by atoms with van der Waals surface area (Å²) < 4.78 is 0. The fraction of sp³-hybridized carbons (Fsp3) is 0.917. The van der Waals surface area contributed by atoms with Crippen LogP contribution in [0.4, 0.5) is 0 Å². The average Bonchev–Trinajstić information content (AvgIpc) is 2.32. The van der Waals surface area contributed by atoms with Crippen LogP contribution < -0.4 is 0 Å². The number of piperazine rings is 1. The Hall–Kier alpha value is -0.0900. The lowest BCUT2D eigenvalue weighted by Crippen LogP contribution is -2.50. The van der Waals surface area contributed by atoms with Crippen LogP contribution >= 0.6 is 15.9 Å². The number of halogens is 1. The molecular weight excluding hydrogens is 268 g/mol. The van der Waals surface area contributed by atoms with Crippen molar-refractivity contribution >= 4 is 21.8 Å². The Morgan fingerprint density at radius 2 is 1.75 bits per heavy atom. The second-order valence-electron chi connectivity index (χ2n) is 4.37. The predicted molar refractivity (Wildman–Crippen MR) is 70.9 cm³/mol. The fourth-order valence-electron chi connectivity index (χ4n) is 2.21. The molecule has 1 saturated heterocycles. The molecule has 0 unspecified atom stereocenters. The molecule has 1 aliphatic heterocycles. The van der Waals surface area contributed by atoms with Gasteiger partial charge < -0.3 is 4.90 Å². The zero-order valence-corrected chi connectivity index (χ0v) is 12.0. The Kier molecular flexibility index (Phi) is 6.36. The van der Waals surface area contributed by atoms with E-state index >= 15 is 0 Å². The zero-order chi connectivity index (χ0) is 12.0. The van der Waals surface area contributed by atoms with Gasteiger partial charge in [-0.3, -0.25) is 9.69 Å². The third-order valence-corrected chi connectivity index (χ3v) is 3.77. The molecule has 1 amide bonds. The second kappa shape index (κ2) is 7.28. The lowest BCUT2D eigenvalue weighted by Gasteiger charge is -2.36. The van der Waals surface area contributed by atoms with Crippen molar-refractivity contribution in [3.63, 3.8) is 0 Å². The lowest BCUT2D eigenvalue weighted by molar-refractivity contribution is -0.137. The van der Waals surface area contributed by atoms with Gasteiger partial charge in [0.05, 0.1) is 0 Å². The highest BCUT2D eigenvalue weighted by atomic mass is 79.9. The molecule has 0 N–H and O–H groups in total. The van der Waals surface area contributed by atoms with Crippen molar-refractivity contribution in [3.8, 4) is 0 Å². The summed E-state index contributed by atoms with van der Waals surface area (Å²) >= 11 is 3.45. The summed E-state index contributed by atoms with van der Waals surface area (Å²) in [7, 11) is 0. The summed E-state index contributed by atoms with van der Waals surface area (Å²) in [5.74, 6) is 0.603. The van der Waals surface area contributed by atoms with Crippen molar-refractivity contribution in [2.75, 3.05) is 38.1 Å². The van der Waals surface area contributed by atoms with E-state index in [9.17, 15) is 4.79 Å². The predicted octanol–water partition coefficient (Wildman–Crippen LogP) is 1.96. The van der Waals surface area contributed by atoms with Gasteiger partial charge in [-0.25, -0.2) is 0 Å². The van der Waals surface area contributed by atoms with Crippen LogP contribution in [0.2, 0.25) is 0 Å². The SMILES string of the molecule is CCC(CC)C(=O)N1CCN(CCBr)CC1. The van der Waals surface area contributed by atoms with Gasteiger partial charge in [0.25, 0.3) is 0 Å². The van der Waals surface area contributed by atoms with E-state index in [1.807, 2.05) is 4.90 Å². The van der Waals surface area contributed by atoms with Gasteiger partial charge in [0, 0.05) is 44.0 Å². The number of carbonyl (C=O) groups is 1. The number of alkyl halides is 1.